The first kappa shape index (κ1) is 22.0. The Kier molecular flexibility index (Phi) is 5.43. The van der Waals surface area contributed by atoms with E-state index in [0.717, 1.165) is 7.11 Å². The van der Waals surface area contributed by atoms with Gasteiger partial charge in [-0.3, -0.25) is 19.2 Å². The van der Waals surface area contributed by atoms with E-state index >= 15 is 0 Å². The summed E-state index contributed by atoms with van der Waals surface area (Å²) in [6.45, 7) is 0. The van der Waals surface area contributed by atoms with Crippen LogP contribution in [0, 0.1) is 0 Å². The minimum Gasteiger partial charge on any atom is -0.289 e. The molecule has 1 aromatic carbocycles. The monoisotopic (exact) mass is 466 g/mol. The van der Waals surface area contributed by atoms with Crippen molar-refractivity contribution in [3.63, 3.8) is 0 Å². The van der Waals surface area contributed by atoms with Crippen LogP contribution >= 0.6 is 23.2 Å². The van der Waals surface area contributed by atoms with Crippen molar-refractivity contribution in [2.24, 2.45) is 10.8 Å². The molecule has 0 amide bonds. The minimum absolute atomic E-state index is 0.00993. The third-order valence-corrected chi connectivity index (χ3v) is 6.67. The van der Waals surface area contributed by atoms with E-state index in [0.29, 0.717) is 0 Å². The highest BCUT2D eigenvalue weighted by Crippen LogP contribution is 2.45. The van der Waals surface area contributed by atoms with Gasteiger partial charge in [0.15, 0.2) is 0 Å². The number of halogens is 2. The second-order valence-electron chi connectivity index (χ2n) is 5.12. The number of para-hydroxylation sites is 1. The molecular weight excluding hydrogens is 453 g/mol. The van der Waals surface area contributed by atoms with E-state index in [-0.39, 0.29) is 9.99 Å². The van der Waals surface area contributed by atoms with Crippen LogP contribution < -0.4 is 11.2 Å². The predicted molar refractivity (Wildman–Crippen MR) is 92.8 cm³/mol. The van der Waals surface area contributed by atoms with E-state index in [2.05, 4.69) is 10.3 Å². The number of nitrogens with two attached hydrogens (primary N) is 1. The van der Waals surface area contributed by atoms with Crippen molar-refractivity contribution in [1.29, 1.82) is 0 Å². The summed E-state index contributed by atoms with van der Waals surface area (Å²) in [5.74, 6) is 2.45. The Morgan fingerprint density at radius 1 is 1.26 bits per heavy atom. The first-order valence-electron chi connectivity index (χ1n) is 6.62. The van der Waals surface area contributed by atoms with Crippen LogP contribution in [0.3, 0.4) is 0 Å². The molecule has 27 heavy (non-hydrogen) atoms. The Labute approximate surface area is 163 Å². The zero-order valence-electron chi connectivity index (χ0n) is 13.3. The molecule has 0 saturated carbocycles. The SMILES string of the molecule is COC1(Nc2ccccc2)N(S(=O)(=O)O)C(Cl)=NC(Cl)(S(=O)(=O)O)[N+]1(N)O. The van der Waals surface area contributed by atoms with Gasteiger partial charge >= 0.3 is 30.8 Å². The van der Waals surface area contributed by atoms with E-state index < -0.39 is 40.9 Å². The number of nitrogens with zero attached hydrogens (tertiary/aromatic N) is 3. The Bertz CT molecular complexity index is 973. The van der Waals surface area contributed by atoms with Crippen LogP contribution in [-0.2, 0) is 25.2 Å². The first-order valence-corrected chi connectivity index (χ1v) is 10.2. The number of quaternary nitrogens is 1. The molecular formula is C10H14Cl2N5O8S2+. The summed E-state index contributed by atoms with van der Waals surface area (Å²) in [5, 5.41) is 11.7. The number of amidine groups is 1. The molecule has 1 heterocycles. The Morgan fingerprint density at radius 3 is 2.19 bits per heavy atom. The van der Waals surface area contributed by atoms with Gasteiger partial charge in [0.05, 0.1) is 0 Å². The molecule has 0 aliphatic carbocycles. The molecule has 152 valence electrons. The average Bonchev–Trinajstić information content (AvgIpc) is 2.51. The van der Waals surface area contributed by atoms with Crippen LogP contribution in [0.5, 0.6) is 0 Å². The third-order valence-electron chi connectivity index (χ3n) is 3.48. The topological polar surface area (TPSA) is 192 Å². The summed E-state index contributed by atoms with van der Waals surface area (Å²) in [5.41, 5.74) is 0.00993. The van der Waals surface area contributed by atoms with Gasteiger partial charge in [-0.25, -0.2) is 0 Å². The molecule has 13 nitrogen and oxygen atoms in total. The Hall–Kier alpha value is -1.27. The molecule has 1 aliphatic heterocycles. The number of methoxy groups -OCH3 is 1. The molecule has 0 saturated heterocycles. The van der Waals surface area contributed by atoms with Gasteiger partial charge in [-0.05, 0) is 35.3 Å². The highest BCUT2D eigenvalue weighted by Gasteiger charge is 2.79. The molecule has 0 radical (unpaired) electrons. The number of ether oxygens (including phenoxy) is 1. The summed E-state index contributed by atoms with van der Waals surface area (Å²) in [7, 11) is -10.2. The summed E-state index contributed by atoms with van der Waals surface area (Å²) in [4.78, 5) is 3.04. The van der Waals surface area contributed by atoms with Crippen molar-refractivity contribution in [2.75, 3.05) is 12.4 Å². The van der Waals surface area contributed by atoms with Gasteiger partial charge in [0.1, 0.15) is 0 Å². The maximum Gasteiger partial charge on any atom is 0.454 e. The van der Waals surface area contributed by atoms with Crippen molar-refractivity contribution in [1.82, 2.24) is 4.31 Å². The molecule has 3 atom stereocenters. The summed E-state index contributed by atoms with van der Waals surface area (Å²) < 4.78 is 64.7. The second-order valence-corrected chi connectivity index (χ2v) is 8.99. The predicted octanol–water partition coefficient (Wildman–Crippen LogP) is -0.113. The van der Waals surface area contributed by atoms with Gasteiger partial charge in [-0.2, -0.15) is 27.0 Å². The van der Waals surface area contributed by atoms with Crippen LogP contribution in [0.4, 0.5) is 5.69 Å². The zero-order chi connectivity index (χ0) is 20.9. The number of hydrogen-bond acceptors (Lipinski definition) is 9. The molecule has 17 heteroatoms. The van der Waals surface area contributed by atoms with E-state index in [1.807, 2.05) is 0 Å². The maximum atomic E-state index is 11.9. The van der Waals surface area contributed by atoms with Crippen molar-refractivity contribution in [2.45, 2.75) is 10.4 Å². The molecule has 0 aromatic heterocycles. The standard InChI is InChI=1S/C10H13Cl2N5O8S2/c1-25-10(14-7-5-3-2-4-6-7)16(27(22,23)24)8(11)15-9(12,17(10,13)18)26(19,20)21/h2-6,14,18H,13H2,1H3,(H-,19,20,21,22,23,24)/p+1. The molecule has 3 unspecified atom stereocenters. The molecule has 1 aliphatic rings. The summed E-state index contributed by atoms with van der Waals surface area (Å²) >= 11 is 11.4. The van der Waals surface area contributed by atoms with Crippen molar-refractivity contribution in [3.8, 4) is 0 Å². The number of rotatable bonds is 5. The molecule has 0 fully saturated rings. The van der Waals surface area contributed by atoms with Crippen LogP contribution in [-0.4, -0.2) is 63.0 Å². The molecule has 2 rings (SSSR count). The average molecular weight is 467 g/mol. The van der Waals surface area contributed by atoms with Crippen molar-refractivity contribution in [3.05, 3.63) is 30.3 Å². The lowest BCUT2D eigenvalue weighted by Crippen LogP contribution is -2.87. The van der Waals surface area contributed by atoms with Gasteiger partial charge in [-0.15, -0.1) is 10.1 Å². The summed E-state index contributed by atoms with van der Waals surface area (Å²) in [6, 6.07) is 7.20. The van der Waals surface area contributed by atoms with Crippen LogP contribution in [0.2, 0.25) is 0 Å². The minimum atomic E-state index is -5.54. The largest absolute Gasteiger partial charge is 0.454 e. The van der Waals surface area contributed by atoms with Crippen molar-refractivity contribution >= 4 is 54.6 Å². The fourth-order valence-corrected chi connectivity index (χ4v) is 4.54. The van der Waals surface area contributed by atoms with Gasteiger partial charge in [0.2, 0.25) is 5.29 Å². The van der Waals surface area contributed by atoms with E-state index in [1.165, 1.54) is 24.3 Å². The van der Waals surface area contributed by atoms with Gasteiger partial charge in [-0.1, -0.05) is 18.2 Å². The fourth-order valence-electron chi connectivity index (χ4n) is 2.29. The number of aliphatic imine (C=N–C) groups is 1. The number of anilines is 1. The van der Waals surface area contributed by atoms with E-state index in [4.69, 9.17) is 33.8 Å². The van der Waals surface area contributed by atoms with Crippen molar-refractivity contribution < 1.29 is 40.6 Å². The first-order chi connectivity index (χ1) is 12.1. The quantitative estimate of drug-likeness (QED) is 0.0974. The molecule has 1 aromatic rings. The second kappa shape index (κ2) is 6.66. The highest BCUT2D eigenvalue weighted by molar-refractivity contribution is 7.88. The lowest BCUT2D eigenvalue weighted by molar-refractivity contribution is -1.18. The number of hydrogen-bond donors (Lipinski definition) is 5. The van der Waals surface area contributed by atoms with Crippen LogP contribution in [0.25, 0.3) is 0 Å². The van der Waals surface area contributed by atoms with Gasteiger partial charge < -0.3 is 0 Å². The summed E-state index contributed by atoms with van der Waals surface area (Å²) in [6.07, 6.45) is 0. The van der Waals surface area contributed by atoms with Gasteiger partial charge in [0.25, 0.3) is 0 Å². The zero-order valence-corrected chi connectivity index (χ0v) is 16.4. The van der Waals surface area contributed by atoms with Crippen LogP contribution in [0.1, 0.15) is 0 Å². The van der Waals surface area contributed by atoms with Crippen LogP contribution in [0.15, 0.2) is 35.3 Å². The smallest absolute Gasteiger partial charge is 0.289 e. The number of hydroxylamine groups is 2. The maximum absolute atomic E-state index is 11.9. The fraction of sp³-hybridized carbons (Fsp3) is 0.300. The third kappa shape index (κ3) is 3.25. The Morgan fingerprint density at radius 2 is 1.78 bits per heavy atom. The van der Waals surface area contributed by atoms with Gasteiger partial charge in [0, 0.05) is 17.6 Å². The molecule has 0 spiro atoms. The molecule has 6 N–H and O–H groups in total. The van der Waals surface area contributed by atoms with E-state index in [1.54, 1.807) is 6.07 Å². The number of alkyl halides is 1. The lowest BCUT2D eigenvalue weighted by atomic mass is 10.3. The normalized spacial score (nSPS) is 32.1. The lowest BCUT2D eigenvalue weighted by Gasteiger charge is -2.50. The number of benzene rings is 1. The van der Waals surface area contributed by atoms with E-state index in [9.17, 15) is 31.1 Å². The highest BCUT2D eigenvalue weighted by atomic mass is 35.5. The number of nitrogens with one attached hydrogen (secondary N) is 1. The Balaban J connectivity index is 2.92. The molecule has 0 bridgehead atoms.